The van der Waals surface area contributed by atoms with Gasteiger partial charge in [0, 0.05) is 0 Å². The summed E-state index contributed by atoms with van der Waals surface area (Å²) in [6, 6.07) is 0. The fraction of sp³-hybridized carbons (Fsp3) is 1.00. The van der Waals surface area contributed by atoms with E-state index in [1.165, 1.54) is 0 Å². The Morgan fingerprint density at radius 1 is 1.33 bits per heavy atom. The van der Waals surface area contributed by atoms with Gasteiger partial charge >= 0.3 is 49.3 Å². The van der Waals surface area contributed by atoms with Crippen LogP contribution in [0.15, 0.2) is 0 Å². The molecule has 0 amide bonds. The minimum atomic E-state index is -0.860. The van der Waals surface area contributed by atoms with Gasteiger partial charge in [0.2, 0.25) is 0 Å². The Bertz CT molecular complexity index is 54.6. The van der Waals surface area contributed by atoms with Crippen molar-refractivity contribution in [3.05, 3.63) is 0 Å². The molecule has 0 aliphatic carbocycles. The van der Waals surface area contributed by atoms with E-state index in [1.807, 2.05) is 0 Å². The first-order chi connectivity index (χ1) is 2.81. The second kappa shape index (κ2) is 3.89. The van der Waals surface area contributed by atoms with Crippen LogP contribution in [-0.2, 0) is 7.48 Å². The van der Waals surface area contributed by atoms with E-state index in [0.717, 1.165) is 0 Å². The van der Waals surface area contributed by atoms with Gasteiger partial charge in [0.05, 0.1) is 0 Å². The summed E-state index contributed by atoms with van der Waals surface area (Å²) in [5.74, 6) is 0. The zero-order chi connectivity index (χ0) is 4.99. The summed E-state index contributed by atoms with van der Waals surface area (Å²) in [5, 5.41) is 0. The van der Waals surface area contributed by atoms with Crippen LogP contribution in [0.5, 0.6) is 0 Å². The number of hydrogen-bond acceptors (Lipinski definition) is 2. The molecule has 0 fully saturated rings. The summed E-state index contributed by atoms with van der Waals surface area (Å²) in [5.41, 5.74) is 0. The molecule has 2 nitrogen and oxygen atoms in total. The van der Waals surface area contributed by atoms with Crippen LogP contribution in [0.25, 0.3) is 0 Å². The molecule has 0 spiro atoms. The van der Waals surface area contributed by atoms with E-state index in [0.29, 0.717) is 0 Å². The second-order valence-corrected chi connectivity index (χ2v) is 6.90. The first-order valence-electron chi connectivity index (χ1n) is 1.46. The van der Waals surface area contributed by atoms with Crippen molar-refractivity contribution in [1.82, 2.24) is 0 Å². The van der Waals surface area contributed by atoms with Crippen molar-refractivity contribution in [2.24, 2.45) is 0 Å². The van der Waals surface area contributed by atoms with E-state index in [1.54, 1.807) is 6.92 Å². The van der Waals surface area contributed by atoms with E-state index in [2.05, 4.69) is 0 Å². The fourth-order valence-electron chi connectivity index (χ4n) is 0.0192. The van der Waals surface area contributed by atoms with Gasteiger partial charge in [-0.15, -0.1) is 0 Å². The first kappa shape index (κ1) is 6.72. The van der Waals surface area contributed by atoms with Gasteiger partial charge in [0.1, 0.15) is 0 Å². The molecule has 0 aromatic heterocycles. The van der Waals surface area contributed by atoms with E-state index in [9.17, 15) is 7.48 Å². The first-order valence-corrected chi connectivity index (χ1v) is 5.16. The predicted molar refractivity (Wildman–Crippen MR) is 22.3 cm³/mol. The summed E-state index contributed by atoms with van der Waals surface area (Å²) in [4.78, 5) is 0. The van der Waals surface area contributed by atoms with Gasteiger partial charge in [-0.3, -0.25) is 0 Å². The third-order valence-electron chi connectivity index (χ3n) is 0.305. The average molecular weight is 210 g/mol. The molecule has 4 heteroatoms. The molecule has 0 aliphatic rings. The van der Waals surface area contributed by atoms with Crippen molar-refractivity contribution in [2.75, 3.05) is 0 Å². The van der Waals surface area contributed by atoms with Crippen LogP contribution in [0, 0.1) is 0 Å². The van der Waals surface area contributed by atoms with E-state index in [4.69, 9.17) is 0 Å². The topological polar surface area (TPSA) is 34.1 Å². The maximum atomic E-state index is 9.78. The van der Waals surface area contributed by atoms with Crippen molar-refractivity contribution in [3.63, 3.8) is 0 Å². The van der Waals surface area contributed by atoms with Gasteiger partial charge in [-0.25, -0.2) is 0 Å². The summed E-state index contributed by atoms with van der Waals surface area (Å²) < 4.78 is 19.6. The van der Waals surface area contributed by atoms with Crippen LogP contribution in [0.4, 0.5) is 0 Å². The van der Waals surface area contributed by atoms with Crippen LogP contribution in [0.3, 0.4) is 0 Å². The Morgan fingerprint density at radius 2 is 1.67 bits per heavy atom. The molecule has 0 aromatic rings. The molecule has 0 N–H and O–H groups in total. The SMILES string of the molecule is CC([As]=O)[As]=O. The molecule has 0 saturated heterocycles. The number of hydrogen-bond donors (Lipinski definition) is 0. The summed E-state index contributed by atoms with van der Waals surface area (Å²) in [6.45, 7) is 1.74. The van der Waals surface area contributed by atoms with Crippen LogP contribution in [0.2, 0.25) is 3.49 Å². The number of rotatable bonds is 2. The Hall–Kier alpha value is 0.717. The van der Waals surface area contributed by atoms with E-state index >= 15 is 0 Å². The van der Waals surface area contributed by atoms with Gasteiger partial charge < -0.3 is 0 Å². The standard InChI is InChI=1S/C2H4As2O2/c1-2(3-5)4-6/h2H,1H3. The maximum absolute atomic E-state index is 9.78. The monoisotopic (exact) mass is 210 g/mol. The predicted octanol–water partition coefficient (Wildman–Crippen LogP) is -0.148. The molecule has 0 bridgehead atoms. The molecule has 0 atom stereocenters. The van der Waals surface area contributed by atoms with Crippen molar-refractivity contribution in [2.45, 2.75) is 10.4 Å². The van der Waals surface area contributed by atoms with Crippen molar-refractivity contribution in [3.8, 4) is 0 Å². The van der Waals surface area contributed by atoms with E-state index < -0.39 is 31.4 Å². The third kappa shape index (κ3) is 2.93. The molecule has 0 aromatic carbocycles. The molecule has 0 rings (SSSR count). The van der Waals surface area contributed by atoms with Gasteiger partial charge in [-0.2, -0.15) is 0 Å². The molecule has 34 valence electrons. The average Bonchev–Trinajstić information content (AvgIpc) is 1.65. The summed E-state index contributed by atoms with van der Waals surface area (Å²) in [6.07, 6.45) is 0. The van der Waals surface area contributed by atoms with E-state index in [-0.39, 0.29) is 3.49 Å². The Balaban J connectivity index is 3.21. The second-order valence-electron chi connectivity index (χ2n) is 0.843. The van der Waals surface area contributed by atoms with Crippen LogP contribution in [-0.4, -0.2) is 31.4 Å². The quantitative estimate of drug-likeness (QED) is 0.594. The van der Waals surface area contributed by atoms with Crippen molar-refractivity contribution in [1.29, 1.82) is 0 Å². The van der Waals surface area contributed by atoms with Crippen molar-refractivity contribution < 1.29 is 7.48 Å². The van der Waals surface area contributed by atoms with Gasteiger partial charge in [0.15, 0.2) is 0 Å². The van der Waals surface area contributed by atoms with Crippen LogP contribution in [0.1, 0.15) is 6.92 Å². The summed E-state index contributed by atoms with van der Waals surface area (Å²) >= 11 is -1.72. The Kier molecular flexibility index (Phi) is 4.36. The molecule has 0 radical (unpaired) electrons. The molecule has 6 heavy (non-hydrogen) atoms. The minimum absolute atomic E-state index is 0.0116. The van der Waals surface area contributed by atoms with Gasteiger partial charge in [-0.1, -0.05) is 0 Å². The van der Waals surface area contributed by atoms with Crippen molar-refractivity contribution >= 4 is 31.4 Å². The normalized spacial score (nSPS) is 15.5. The van der Waals surface area contributed by atoms with Crippen LogP contribution < -0.4 is 0 Å². The fourth-order valence-corrected chi connectivity index (χ4v) is 0.520. The molecule has 0 aliphatic heterocycles. The van der Waals surface area contributed by atoms with Crippen LogP contribution >= 0.6 is 0 Å². The Labute approximate surface area is 49.5 Å². The molecule has 0 saturated carbocycles. The zero-order valence-electron chi connectivity index (χ0n) is 3.29. The molecular weight excluding hydrogens is 206 g/mol. The van der Waals surface area contributed by atoms with Gasteiger partial charge in [-0.05, 0) is 0 Å². The third-order valence-corrected chi connectivity index (χ3v) is 3.64. The zero-order valence-corrected chi connectivity index (χ0v) is 7.04. The summed E-state index contributed by atoms with van der Waals surface area (Å²) in [7, 11) is 0. The molecular formula is C2H4As2O2. The Morgan fingerprint density at radius 3 is 1.67 bits per heavy atom. The molecule has 0 unspecified atom stereocenters. The van der Waals surface area contributed by atoms with Gasteiger partial charge in [0.25, 0.3) is 0 Å². The molecule has 0 heterocycles.